The van der Waals surface area contributed by atoms with E-state index >= 15 is 0 Å². The molecule has 1 aromatic rings. The molecule has 0 spiro atoms. The van der Waals surface area contributed by atoms with Crippen LogP contribution in [0, 0.1) is 11.8 Å². The Labute approximate surface area is 136 Å². The number of carbonyl (C=O) groups is 1. The number of hydrogen-bond donors (Lipinski definition) is 2. The van der Waals surface area contributed by atoms with E-state index in [1.807, 2.05) is 13.8 Å². The van der Waals surface area contributed by atoms with Crippen LogP contribution in [0.25, 0.3) is 0 Å². The fraction of sp³-hybridized carbons (Fsp3) is 0.625. The first-order chi connectivity index (χ1) is 10.5. The smallest absolute Gasteiger partial charge is 0.270 e. The number of aromatic nitrogens is 1. The molecule has 1 aliphatic carbocycles. The van der Waals surface area contributed by atoms with Gasteiger partial charge in [-0.3, -0.25) is 4.79 Å². The first-order valence-electron chi connectivity index (χ1n) is 7.69. The highest BCUT2D eigenvalue weighted by Crippen LogP contribution is 2.31. The average Bonchev–Trinajstić information content (AvgIpc) is 3.29. The third kappa shape index (κ3) is 5.14. The minimum Gasteiger partial charge on any atom is -0.492 e. The Morgan fingerprint density at radius 3 is 2.86 bits per heavy atom. The molecule has 1 amide bonds. The van der Waals surface area contributed by atoms with Crippen LogP contribution in [0.15, 0.2) is 12.3 Å². The van der Waals surface area contributed by atoms with Crippen LogP contribution < -0.4 is 10.1 Å². The molecule has 2 N–H and O–H groups in total. The van der Waals surface area contributed by atoms with E-state index in [2.05, 4.69) is 10.3 Å². The van der Waals surface area contributed by atoms with Crippen LogP contribution in [-0.4, -0.2) is 35.3 Å². The van der Waals surface area contributed by atoms with Crippen LogP contribution in [0.4, 0.5) is 0 Å². The Balaban J connectivity index is 2.00. The molecule has 1 fully saturated rings. The molecule has 6 heteroatoms. The van der Waals surface area contributed by atoms with Gasteiger partial charge < -0.3 is 15.2 Å². The highest BCUT2D eigenvalue weighted by Gasteiger charge is 2.23. The molecule has 2 rings (SSSR count). The molecular weight excluding hydrogens is 304 g/mol. The van der Waals surface area contributed by atoms with Crippen LogP contribution in [0.1, 0.15) is 43.6 Å². The van der Waals surface area contributed by atoms with Gasteiger partial charge in [-0.05, 0) is 31.1 Å². The summed E-state index contributed by atoms with van der Waals surface area (Å²) in [7, 11) is 0. The molecule has 1 unspecified atom stereocenters. The zero-order valence-electron chi connectivity index (χ0n) is 13.0. The van der Waals surface area contributed by atoms with Crippen molar-refractivity contribution in [3.05, 3.63) is 23.0 Å². The number of aliphatic hydroxyl groups is 1. The van der Waals surface area contributed by atoms with Crippen molar-refractivity contribution in [2.45, 2.75) is 39.2 Å². The van der Waals surface area contributed by atoms with Crippen molar-refractivity contribution in [1.82, 2.24) is 10.3 Å². The lowest BCUT2D eigenvalue weighted by molar-refractivity contribution is 0.0902. The van der Waals surface area contributed by atoms with Crippen LogP contribution in [0.3, 0.4) is 0 Å². The van der Waals surface area contributed by atoms with E-state index in [4.69, 9.17) is 16.3 Å². The molecule has 1 heterocycles. The van der Waals surface area contributed by atoms with Crippen molar-refractivity contribution in [2.24, 2.45) is 11.8 Å². The number of carbonyl (C=O) groups excluding carboxylic acids is 1. The van der Waals surface area contributed by atoms with Gasteiger partial charge in [0.25, 0.3) is 5.91 Å². The number of halogens is 1. The zero-order chi connectivity index (χ0) is 16.1. The summed E-state index contributed by atoms with van der Waals surface area (Å²) in [6.45, 7) is 4.61. The SMILES string of the molecule is CC(C)CC(CO)NC(=O)c1cc(OCC2CC2)c(Cl)cn1. The number of aliphatic hydroxyl groups excluding tert-OH is 1. The maximum Gasteiger partial charge on any atom is 0.270 e. The standard InChI is InChI=1S/C16H23ClN2O3/c1-10(2)5-12(8-20)19-16(21)14-6-15(13(17)7-18-14)22-9-11-3-4-11/h6-7,10-12,20H,3-5,8-9H2,1-2H3,(H,19,21). The van der Waals surface area contributed by atoms with Gasteiger partial charge in [0.2, 0.25) is 0 Å². The summed E-state index contributed by atoms with van der Waals surface area (Å²) < 4.78 is 5.65. The molecule has 22 heavy (non-hydrogen) atoms. The summed E-state index contributed by atoms with van der Waals surface area (Å²) in [5.74, 6) is 1.14. The summed E-state index contributed by atoms with van der Waals surface area (Å²) in [5.41, 5.74) is 0.248. The summed E-state index contributed by atoms with van der Waals surface area (Å²) in [4.78, 5) is 16.3. The summed E-state index contributed by atoms with van der Waals surface area (Å²) >= 11 is 6.05. The Morgan fingerprint density at radius 2 is 2.27 bits per heavy atom. The van der Waals surface area contributed by atoms with E-state index in [0.717, 1.165) is 0 Å². The lowest BCUT2D eigenvalue weighted by Gasteiger charge is -2.18. The minimum atomic E-state index is -0.326. The van der Waals surface area contributed by atoms with Gasteiger partial charge in [0, 0.05) is 6.07 Å². The first-order valence-corrected chi connectivity index (χ1v) is 8.07. The molecule has 1 aliphatic rings. The van der Waals surface area contributed by atoms with E-state index in [0.29, 0.717) is 35.6 Å². The van der Waals surface area contributed by atoms with Crippen molar-refractivity contribution < 1.29 is 14.6 Å². The Kier molecular flexibility index (Phi) is 6.03. The number of ether oxygens (including phenoxy) is 1. The predicted molar refractivity (Wildman–Crippen MR) is 85.3 cm³/mol. The zero-order valence-corrected chi connectivity index (χ0v) is 13.8. The Morgan fingerprint density at radius 1 is 1.55 bits per heavy atom. The largest absolute Gasteiger partial charge is 0.492 e. The number of amides is 1. The van der Waals surface area contributed by atoms with E-state index in [1.165, 1.54) is 19.0 Å². The molecule has 1 saturated carbocycles. The maximum atomic E-state index is 12.2. The van der Waals surface area contributed by atoms with Gasteiger partial charge in [0.05, 0.1) is 25.5 Å². The number of rotatable bonds is 8. The van der Waals surface area contributed by atoms with Crippen molar-refractivity contribution in [1.29, 1.82) is 0 Å². The molecule has 1 atom stereocenters. The number of nitrogens with one attached hydrogen (secondary N) is 1. The maximum absolute atomic E-state index is 12.2. The lowest BCUT2D eigenvalue weighted by atomic mass is 10.0. The Bertz CT molecular complexity index is 518. The molecule has 0 saturated heterocycles. The van der Waals surface area contributed by atoms with E-state index in [1.54, 1.807) is 6.07 Å². The third-order valence-corrected chi connectivity index (χ3v) is 3.82. The summed E-state index contributed by atoms with van der Waals surface area (Å²) in [6.07, 6.45) is 4.50. The second-order valence-electron chi connectivity index (χ2n) is 6.24. The minimum absolute atomic E-state index is 0.0947. The van der Waals surface area contributed by atoms with Gasteiger partial charge >= 0.3 is 0 Å². The Hall–Kier alpha value is -1.33. The molecule has 0 bridgehead atoms. The molecular formula is C16H23ClN2O3. The second kappa shape index (κ2) is 7.79. The molecule has 5 nitrogen and oxygen atoms in total. The topological polar surface area (TPSA) is 71.5 Å². The quantitative estimate of drug-likeness (QED) is 0.770. The molecule has 0 radical (unpaired) electrons. The average molecular weight is 327 g/mol. The molecule has 0 aromatic carbocycles. The van der Waals surface area contributed by atoms with Gasteiger partial charge in [-0.2, -0.15) is 0 Å². The number of pyridine rings is 1. The van der Waals surface area contributed by atoms with Crippen molar-refractivity contribution in [3.8, 4) is 5.75 Å². The highest BCUT2D eigenvalue weighted by molar-refractivity contribution is 6.32. The van der Waals surface area contributed by atoms with Gasteiger partial charge in [-0.25, -0.2) is 4.98 Å². The first kappa shape index (κ1) is 17.0. The monoisotopic (exact) mass is 326 g/mol. The molecule has 122 valence electrons. The fourth-order valence-electron chi connectivity index (χ4n) is 2.15. The van der Waals surface area contributed by atoms with Gasteiger partial charge in [0.1, 0.15) is 16.5 Å². The number of hydrogen-bond acceptors (Lipinski definition) is 4. The third-order valence-electron chi connectivity index (χ3n) is 3.54. The van der Waals surface area contributed by atoms with Gasteiger partial charge in [-0.1, -0.05) is 25.4 Å². The van der Waals surface area contributed by atoms with Crippen LogP contribution >= 0.6 is 11.6 Å². The highest BCUT2D eigenvalue weighted by atomic mass is 35.5. The predicted octanol–water partition coefficient (Wildman–Crippen LogP) is 2.66. The molecule has 1 aromatic heterocycles. The molecule has 0 aliphatic heterocycles. The van der Waals surface area contributed by atoms with Gasteiger partial charge in [-0.15, -0.1) is 0 Å². The van der Waals surface area contributed by atoms with Gasteiger partial charge in [0.15, 0.2) is 0 Å². The van der Waals surface area contributed by atoms with Crippen LogP contribution in [0.2, 0.25) is 5.02 Å². The lowest BCUT2D eigenvalue weighted by Crippen LogP contribution is -2.38. The number of nitrogens with zero attached hydrogens (tertiary/aromatic N) is 1. The normalized spacial score (nSPS) is 15.7. The summed E-state index contributed by atoms with van der Waals surface area (Å²) in [5, 5.41) is 12.5. The van der Waals surface area contributed by atoms with Crippen LogP contribution in [-0.2, 0) is 0 Å². The van der Waals surface area contributed by atoms with E-state index in [-0.39, 0.29) is 24.2 Å². The van der Waals surface area contributed by atoms with E-state index in [9.17, 15) is 9.90 Å². The second-order valence-corrected chi connectivity index (χ2v) is 6.64. The van der Waals surface area contributed by atoms with Crippen molar-refractivity contribution in [2.75, 3.05) is 13.2 Å². The van der Waals surface area contributed by atoms with Crippen LogP contribution in [0.5, 0.6) is 5.75 Å². The van der Waals surface area contributed by atoms with Crippen molar-refractivity contribution in [3.63, 3.8) is 0 Å². The fourth-order valence-corrected chi connectivity index (χ4v) is 2.31. The summed E-state index contributed by atoms with van der Waals surface area (Å²) in [6, 6.07) is 1.28. The van der Waals surface area contributed by atoms with Crippen molar-refractivity contribution >= 4 is 17.5 Å². The van der Waals surface area contributed by atoms with E-state index < -0.39 is 0 Å².